The van der Waals surface area contributed by atoms with Crippen LogP contribution in [0, 0.1) is 0 Å². The first-order valence-electron chi connectivity index (χ1n) is 5.57. The van der Waals surface area contributed by atoms with Crippen molar-refractivity contribution in [2.45, 2.75) is 0 Å². The number of methoxy groups -OCH3 is 2. The van der Waals surface area contributed by atoms with E-state index < -0.39 is 0 Å². The van der Waals surface area contributed by atoms with E-state index in [0.717, 1.165) is 0 Å². The average molecular weight is 277 g/mol. The van der Waals surface area contributed by atoms with Gasteiger partial charge in [0.15, 0.2) is 0 Å². The fourth-order valence-electron chi connectivity index (χ4n) is 1.18. The summed E-state index contributed by atoms with van der Waals surface area (Å²) in [5.41, 5.74) is 5.33. The Morgan fingerprint density at radius 3 is 2.05 bits per heavy atom. The summed E-state index contributed by atoms with van der Waals surface area (Å²) in [6.07, 6.45) is 0. The quantitative estimate of drug-likeness (QED) is 0.841. The second-order valence-electron chi connectivity index (χ2n) is 3.34. The second-order valence-corrected chi connectivity index (χ2v) is 3.34. The number of nitrogens with zero attached hydrogens (tertiary/aromatic N) is 2. The lowest BCUT2D eigenvalue weighted by Crippen LogP contribution is -1.99. The van der Waals surface area contributed by atoms with E-state index in [4.69, 9.17) is 15.2 Å². The molecule has 0 saturated heterocycles. The summed E-state index contributed by atoms with van der Waals surface area (Å²) in [6.45, 7) is 0.412. The molecule has 7 heteroatoms. The van der Waals surface area contributed by atoms with E-state index in [0.29, 0.717) is 24.0 Å². The number of hydrogen-bond donors (Lipinski definition) is 1. The highest BCUT2D eigenvalue weighted by atomic mass is 16.5. The van der Waals surface area contributed by atoms with Gasteiger partial charge >= 0.3 is 0 Å². The van der Waals surface area contributed by atoms with Crippen molar-refractivity contribution in [3.05, 3.63) is 36.4 Å². The third-order valence-electron chi connectivity index (χ3n) is 2.04. The zero-order chi connectivity index (χ0) is 14.8. The molecule has 106 valence electrons. The highest BCUT2D eigenvalue weighted by molar-refractivity contribution is 5.44. The van der Waals surface area contributed by atoms with Gasteiger partial charge in [0.05, 0.1) is 20.3 Å². The van der Waals surface area contributed by atoms with Crippen LogP contribution in [0.5, 0.6) is 17.5 Å². The maximum absolute atomic E-state index is 9.75. The lowest BCUT2D eigenvalue weighted by atomic mass is 10.3. The minimum atomic E-state index is 0.140. The maximum atomic E-state index is 9.75. The number of nitrogen functional groups attached to an aromatic ring is 1. The van der Waals surface area contributed by atoms with Gasteiger partial charge in [-0.2, -0.15) is 9.97 Å². The Hall–Kier alpha value is -2.83. The molecule has 0 atom stereocenters. The standard InChI is InChI=1S/C7H6O2.C6H9N3O2/c8-6-9-7-4-2-1-3-5-7;1-10-4-3-5(11-2)9-6(7)8-4/h1-6H;3H,1-2H3,(H2,7,8,9). The van der Waals surface area contributed by atoms with Crippen LogP contribution in [0.15, 0.2) is 36.4 Å². The summed E-state index contributed by atoms with van der Waals surface area (Å²) in [7, 11) is 3.00. The topological polar surface area (TPSA) is 96.6 Å². The molecule has 0 amide bonds. The fraction of sp³-hybridized carbons (Fsp3) is 0.154. The van der Waals surface area contributed by atoms with Crippen molar-refractivity contribution in [2.24, 2.45) is 0 Å². The van der Waals surface area contributed by atoms with Gasteiger partial charge in [-0.3, -0.25) is 4.79 Å². The SMILES string of the molecule is COc1cc(OC)nc(N)n1.O=COc1ccccc1. The molecule has 2 rings (SSSR count). The van der Waals surface area contributed by atoms with Crippen LogP contribution < -0.4 is 19.9 Å². The molecule has 0 aliphatic heterocycles. The summed E-state index contributed by atoms with van der Waals surface area (Å²) in [4.78, 5) is 17.3. The fourth-order valence-corrected chi connectivity index (χ4v) is 1.18. The van der Waals surface area contributed by atoms with Gasteiger partial charge in [-0.25, -0.2) is 0 Å². The number of benzene rings is 1. The number of carbonyl (C=O) groups excluding carboxylic acids is 1. The first kappa shape index (κ1) is 15.2. The predicted molar refractivity (Wildman–Crippen MR) is 72.7 cm³/mol. The van der Waals surface area contributed by atoms with Gasteiger partial charge in [0, 0.05) is 0 Å². The monoisotopic (exact) mass is 277 g/mol. The first-order valence-corrected chi connectivity index (χ1v) is 5.57. The molecule has 20 heavy (non-hydrogen) atoms. The van der Waals surface area contributed by atoms with Crippen LogP contribution in [0.3, 0.4) is 0 Å². The number of aromatic nitrogens is 2. The van der Waals surface area contributed by atoms with Crippen LogP contribution in [-0.4, -0.2) is 30.7 Å². The van der Waals surface area contributed by atoms with E-state index in [1.54, 1.807) is 30.3 Å². The molecule has 7 nitrogen and oxygen atoms in total. The van der Waals surface area contributed by atoms with Gasteiger partial charge < -0.3 is 19.9 Å². The second kappa shape index (κ2) is 8.30. The zero-order valence-corrected chi connectivity index (χ0v) is 11.1. The van der Waals surface area contributed by atoms with Crippen molar-refractivity contribution >= 4 is 12.4 Å². The molecule has 2 N–H and O–H groups in total. The molecular formula is C13H15N3O4. The Balaban J connectivity index is 0.000000204. The smallest absolute Gasteiger partial charge is 0.298 e. The molecule has 2 aromatic rings. The van der Waals surface area contributed by atoms with Gasteiger partial charge in [-0.1, -0.05) is 18.2 Å². The summed E-state index contributed by atoms with van der Waals surface area (Å²) in [6, 6.07) is 10.5. The Bertz CT molecular complexity index is 512. The normalized spacial score (nSPS) is 8.90. The minimum Gasteiger partial charge on any atom is -0.481 e. The largest absolute Gasteiger partial charge is 0.481 e. The molecule has 1 aromatic carbocycles. The van der Waals surface area contributed by atoms with Gasteiger partial charge in [-0.05, 0) is 12.1 Å². The molecular weight excluding hydrogens is 262 g/mol. The van der Waals surface area contributed by atoms with Crippen molar-refractivity contribution in [1.29, 1.82) is 0 Å². The maximum Gasteiger partial charge on any atom is 0.298 e. The van der Waals surface area contributed by atoms with E-state index in [1.807, 2.05) is 6.07 Å². The van der Waals surface area contributed by atoms with E-state index in [9.17, 15) is 4.79 Å². The molecule has 0 fully saturated rings. The lowest BCUT2D eigenvalue weighted by Gasteiger charge is -2.01. The van der Waals surface area contributed by atoms with E-state index in [-0.39, 0.29) is 5.95 Å². The van der Waals surface area contributed by atoms with E-state index in [1.165, 1.54) is 14.2 Å². The zero-order valence-electron chi connectivity index (χ0n) is 11.1. The summed E-state index contributed by atoms with van der Waals surface area (Å²) < 4.78 is 14.2. The molecule has 0 radical (unpaired) electrons. The molecule has 0 bridgehead atoms. The van der Waals surface area contributed by atoms with E-state index >= 15 is 0 Å². The van der Waals surface area contributed by atoms with Crippen LogP contribution in [0.25, 0.3) is 0 Å². The summed E-state index contributed by atoms with van der Waals surface area (Å²) in [5.74, 6) is 1.51. The van der Waals surface area contributed by atoms with Crippen molar-refractivity contribution in [1.82, 2.24) is 9.97 Å². The van der Waals surface area contributed by atoms with Crippen molar-refractivity contribution < 1.29 is 19.0 Å². The van der Waals surface area contributed by atoms with Crippen LogP contribution in [0.1, 0.15) is 0 Å². The van der Waals surface area contributed by atoms with Crippen LogP contribution in [0.2, 0.25) is 0 Å². The van der Waals surface area contributed by atoms with Gasteiger partial charge in [0.1, 0.15) is 5.75 Å². The van der Waals surface area contributed by atoms with Crippen molar-refractivity contribution in [3.63, 3.8) is 0 Å². The number of carbonyl (C=O) groups is 1. The molecule has 0 aliphatic carbocycles. The van der Waals surface area contributed by atoms with Crippen LogP contribution >= 0.6 is 0 Å². The molecule has 0 aliphatic rings. The Labute approximate surface area is 116 Å². The van der Waals surface area contributed by atoms with Gasteiger partial charge in [-0.15, -0.1) is 0 Å². The Kier molecular flexibility index (Phi) is 6.32. The number of anilines is 1. The minimum absolute atomic E-state index is 0.140. The predicted octanol–water partition coefficient (Wildman–Crippen LogP) is 1.30. The highest BCUT2D eigenvalue weighted by Gasteiger charge is 2.00. The molecule has 0 saturated carbocycles. The lowest BCUT2D eigenvalue weighted by molar-refractivity contribution is -0.120. The van der Waals surface area contributed by atoms with Crippen molar-refractivity contribution in [3.8, 4) is 17.5 Å². The number of para-hydroxylation sites is 1. The summed E-state index contributed by atoms with van der Waals surface area (Å²) in [5, 5.41) is 0. The Morgan fingerprint density at radius 1 is 1.05 bits per heavy atom. The van der Waals surface area contributed by atoms with Gasteiger partial charge in [0.25, 0.3) is 6.47 Å². The first-order chi connectivity index (χ1) is 9.69. The highest BCUT2D eigenvalue weighted by Crippen LogP contribution is 2.14. The number of hydrogen-bond acceptors (Lipinski definition) is 7. The third-order valence-corrected chi connectivity index (χ3v) is 2.04. The molecule has 1 aromatic heterocycles. The Morgan fingerprint density at radius 2 is 1.60 bits per heavy atom. The van der Waals surface area contributed by atoms with Gasteiger partial charge in [0.2, 0.25) is 17.7 Å². The number of nitrogens with two attached hydrogens (primary N) is 1. The van der Waals surface area contributed by atoms with E-state index in [2.05, 4.69) is 14.7 Å². The molecule has 0 spiro atoms. The van der Waals surface area contributed by atoms with Crippen LogP contribution in [-0.2, 0) is 4.79 Å². The number of ether oxygens (including phenoxy) is 3. The summed E-state index contributed by atoms with van der Waals surface area (Å²) >= 11 is 0. The number of rotatable bonds is 4. The van der Waals surface area contributed by atoms with Crippen molar-refractivity contribution in [2.75, 3.05) is 20.0 Å². The van der Waals surface area contributed by atoms with Crippen LogP contribution in [0.4, 0.5) is 5.95 Å². The third kappa shape index (κ3) is 5.21. The average Bonchev–Trinajstić information content (AvgIpc) is 2.48. The molecule has 1 heterocycles. The molecule has 0 unspecified atom stereocenters.